The smallest absolute Gasteiger partial charge is 0.262 e. The van der Waals surface area contributed by atoms with Gasteiger partial charge in [0.15, 0.2) is 0 Å². The predicted octanol–water partition coefficient (Wildman–Crippen LogP) is 3.84. The lowest BCUT2D eigenvalue weighted by Gasteiger charge is -2.25. The molecule has 0 radical (unpaired) electrons. The van der Waals surface area contributed by atoms with Crippen LogP contribution in [-0.4, -0.2) is 28.7 Å². The fourth-order valence-electron chi connectivity index (χ4n) is 3.58. The fourth-order valence-corrected chi connectivity index (χ4v) is 3.58. The number of imide groups is 1. The summed E-state index contributed by atoms with van der Waals surface area (Å²) in [6, 6.07) is 22.5. The van der Waals surface area contributed by atoms with Crippen molar-refractivity contribution in [2.75, 3.05) is 5.32 Å². The van der Waals surface area contributed by atoms with Gasteiger partial charge >= 0.3 is 0 Å². The Morgan fingerprint density at radius 3 is 2.10 bits per heavy atom. The molecular formula is C24H20N2O3. The van der Waals surface area contributed by atoms with Crippen molar-refractivity contribution in [2.45, 2.75) is 19.4 Å². The number of nitrogens with one attached hydrogen (secondary N) is 1. The van der Waals surface area contributed by atoms with E-state index in [1.165, 1.54) is 0 Å². The highest BCUT2D eigenvalue weighted by Gasteiger charge is 2.42. The number of aryl methyl sites for hydroxylation is 1. The van der Waals surface area contributed by atoms with Crippen LogP contribution in [0.3, 0.4) is 0 Å². The van der Waals surface area contributed by atoms with Crippen molar-refractivity contribution in [3.8, 4) is 0 Å². The highest BCUT2D eigenvalue weighted by atomic mass is 16.2. The van der Waals surface area contributed by atoms with Crippen LogP contribution in [0.25, 0.3) is 0 Å². The largest absolute Gasteiger partial charge is 0.324 e. The summed E-state index contributed by atoms with van der Waals surface area (Å²) in [5.74, 6) is -1.27. The molecule has 29 heavy (non-hydrogen) atoms. The van der Waals surface area contributed by atoms with Gasteiger partial charge in [0.05, 0.1) is 11.1 Å². The molecule has 0 saturated heterocycles. The van der Waals surface area contributed by atoms with Crippen molar-refractivity contribution in [3.63, 3.8) is 0 Å². The lowest BCUT2D eigenvalue weighted by molar-refractivity contribution is -0.119. The normalized spacial score (nSPS) is 13.9. The molecule has 3 aromatic carbocycles. The van der Waals surface area contributed by atoms with Crippen LogP contribution in [0.1, 0.15) is 31.8 Å². The molecule has 1 atom stereocenters. The lowest BCUT2D eigenvalue weighted by Crippen LogP contribution is -2.48. The van der Waals surface area contributed by atoms with E-state index in [1.54, 1.807) is 30.3 Å². The number of carbonyl (C=O) groups excluding carboxylic acids is 3. The number of hydrogen-bond donors (Lipinski definition) is 1. The third-order valence-corrected chi connectivity index (χ3v) is 5.00. The van der Waals surface area contributed by atoms with Crippen molar-refractivity contribution in [1.29, 1.82) is 0 Å². The van der Waals surface area contributed by atoms with E-state index in [0.29, 0.717) is 16.8 Å². The Hall–Kier alpha value is -3.73. The zero-order valence-electron chi connectivity index (χ0n) is 16.0. The van der Waals surface area contributed by atoms with Crippen molar-refractivity contribution in [2.24, 2.45) is 0 Å². The van der Waals surface area contributed by atoms with E-state index in [-0.39, 0.29) is 6.42 Å². The van der Waals surface area contributed by atoms with Gasteiger partial charge in [-0.25, -0.2) is 0 Å². The quantitative estimate of drug-likeness (QED) is 0.680. The first-order valence-electron chi connectivity index (χ1n) is 9.43. The molecule has 5 nitrogen and oxygen atoms in total. The summed E-state index contributed by atoms with van der Waals surface area (Å²) in [5.41, 5.74) is 3.17. The summed E-state index contributed by atoms with van der Waals surface area (Å²) in [7, 11) is 0. The van der Waals surface area contributed by atoms with Crippen LogP contribution in [0.15, 0.2) is 78.9 Å². The molecule has 1 heterocycles. The summed E-state index contributed by atoms with van der Waals surface area (Å²) in [6.07, 6.45) is 0.240. The summed E-state index contributed by atoms with van der Waals surface area (Å²) in [4.78, 5) is 40.2. The van der Waals surface area contributed by atoms with Gasteiger partial charge in [0.1, 0.15) is 6.04 Å². The Morgan fingerprint density at radius 1 is 0.862 bits per heavy atom. The topological polar surface area (TPSA) is 66.5 Å². The molecule has 0 spiro atoms. The number of hydrogen-bond acceptors (Lipinski definition) is 3. The van der Waals surface area contributed by atoms with Gasteiger partial charge in [-0.15, -0.1) is 0 Å². The van der Waals surface area contributed by atoms with Crippen LogP contribution in [0.4, 0.5) is 5.69 Å². The van der Waals surface area contributed by atoms with Gasteiger partial charge in [0.2, 0.25) is 5.91 Å². The molecule has 0 fully saturated rings. The number of nitrogens with zero attached hydrogens (tertiary/aromatic N) is 1. The maximum Gasteiger partial charge on any atom is 0.262 e. The highest BCUT2D eigenvalue weighted by Crippen LogP contribution is 2.26. The molecule has 3 aromatic rings. The average molecular weight is 384 g/mol. The molecule has 4 rings (SSSR count). The van der Waals surface area contributed by atoms with E-state index in [0.717, 1.165) is 16.0 Å². The summed E-state index contributed by atoms with van der Waals surface area (Å²) < 4.78 is 0. The van der Waals surface area contributed by atoms with E-state index in [4.69, 9.17) is 0 Å². The molecule has 1 unspecified atom stereocenters. The third-order valence-electron chi connectivity index (χ3n) is 5.00. The van der Waals surface area contributed by atoms with E-state index in [2.05, 4.69) is 5.32 Å². The maximum atomic E-state index is 13.2. The summed E-state index contributed by atoms with van der Waals surface area (Å²) >= 11 is 0. The highest BCUT2D eigenvalue weighted by molar-refractivity contribution is 6.23. The number of amides is 3. The van der Waals surface area contributed by atoms with Gasteiger partial charge in [-0.2, -0.15) is 0 Å². The molecule has 0 saturated carbocycles. The average Bonchev–Trinajstić information content (AvgIpc) is 2.98. The molecule has 1 aliphatic rings. The molecule has 0 bridgehead atoms. The number of rotatable bonds is 5. The first kappa shape index (κ1) is 18.6. The van der Waals surface area contributed by atoms with Gasteiger partial charge in [0.25, 0.3) is 11.8 Å². The second-order valence-electron chi connectivity index (χ2n) is 7.09. The van der Waals surface area contributed by atoms with Gasteiger partial charge in [-0.05, 0) is 42.3 Å². The number of carbonyl (C=O) groups is 3. The summed E-state index contributed by atoms with van der Waals surface area (Å²) in [5, 5.41) is 2.86. The molecular weight excluding hydrogens is 364 g/mol. The first-order chi connectivity index (χ1) is 14.0. The molecule has 1 aliphatic heterocycles. The Morgan fingerprint density at radius 2 is 1.48 bits per heavy atom. The molecule has 5 heteroatoms. The van der Waals surface area contributed by atoms with Crippen LogP contribution in [0, 0.1) is 6.92 Å². The van der Waals surface area contributed by atoms with Crippen LogP contribution < -0.4 is 5.32 Å². The van der Waals surface area contributed by atoms with E-state index < -0.39 is 23.8 Å². The van der Waals surface area contributed by atoms with Crippen molar-refractivity contribution in [1.82, 2.24) is 4.90 Å². The monoisotopic (exact) mass is 384 g/mol. The van der Waals surface area contributed by atoms with Crippen LogP contribution in [0.2, 0.25) is 0 Å². The van der Waals surface area contributed by atoms with E-state index >= 15 is 0 Å². The number of benzene rings is 3. The zero-order chi connectivity index (χ0) is 20.4. The van der Waals surface area contributed by atoms with E-state index in [9.17, 15) is 14.4 Å². The fraction of sp³-hybridized carbons (Fsp3) is 0.125. The van der Waals surface area contributed by atoms with Gasteiger partial charge in [-0.1, -0.05) is 54.6 Å². The second-order valence-corrected chi connectivity index (χ2v) is 7.09. The van der Waals surface area contributed by atoms with Gasteiger partial charge in [0, 0.05) is 12.1 Å². The Balaban J connectivity index is 1.68. The van der Waals surface area contributed by atoms with E-state index in [1.807, 2.05) is 55.5 Å². The minimum Gasteiger partial charge on any atom is -0.324 e. The molecule has 1 N–H and O–H groups in total. The van der Waals surface area contributed by atoms with Crippen LogP contribution in [-0.2, 0) is 11.2 Å². The Labute approximate surface area is 169 Å². The predicted molar refractivity (Wildman–Crippen MR) is 111 cm³/mol. The minimum atomic E-state index is -0.953. The SMILES string of the molecule is Cc1cccc(NC(=O)C(Cc2ccccc2)N2C(=O)c3ccccc3C2=O)c1. The zero-order valence-corrected chi connectivity index (χ0v) is 16.0. The molecule has 0 aliphatic carbocycles. The first-order valence-corrected chi connectivity index (χ1v) is 9.43. The third kappa shape index (κ3) is 3.67. The summed E-state index contributed by atoms with van der Waals surface area (Å²) in [6.45, 7) is 1.93. The molecule has 3 amide bonds. The van der Waals surface area contributed by atoms with Gasteiger partial charge in [-0.3, -0.25) is 19.3 Å². The number of anilines is 1. The standard InChI is InChI=1S/C24H20N2O3/c1-16-8-7-11-18(14-16)25-22(27)21(15-17-9-3-2-4-10-17)26-23(28)19-12-5-6-13-20(19)24(26)29/h2-14,21H,15H2,1H3,(H,25,27). The Bertz CT molecular complexity index is 1060. The number of fused-ring (bicyclic) bond motifs is 1. The van der Waals surface area contributed by atoms with Gasteiger partial charge < -0.3 is 5.32 Å². The molecule has 144 valence electrons. The maximum absolute atomic E-state index is 13.2. The minimum absolute atomic E-state index is 0.240. The van der Waals surface area contributed by atoms with Crippen molar-refractivity contribution in [3.05, 3.63) is 101 Å². The van der Waals surface area contributed by atoms with Crippen LogP contribution in [0.5, 0.6) is 0 Å². The lowest BCUT2D eigenvalue weighted by atomic mass is 10.0. The van der Waals surface area contributed by atoms with Crippen molar-refractivity contribution < 1.29 is 14.4 Å². The second kappa shape index (κ2) is 7.72. The van der Waals surface area contributed by atoms with Crippen LogP contribution >= 0.6 is 0 Å². The molecule has 0 aromatic heterocycles. The Kier molecular flexibility index (Phi) is 4.96. The van der Waals surface area contributed by atoms with Crippen molar-refractivity contribution >= 4 is 23.4 Å².